The van der Waals surface area contributed by atoms with Crippen LogP contribution in [-0.2, 0) is 12.7 Å². The molecule has 1 fully saturated rings. The molecule has 1 saturated heterocycles. The van der Waals surface area contributed by atoms with Crippen LogP contribution in [0.5, 0.6) is 5.75 Å². The van der Waals surface area contributed by atoms with E-state index in [0.717, 1.165) is 43.7 Å². The van der Waals surface area contributed by atoms with E-state index in [1.54, 1.807) is 13.2 Å². The summed E-state index contributed by atoms with van der Waals surface area (Å²) in [5, 5.41) is 3.87. The van der Waals surface area contributed by atoms with Gasteiger partial charge < -0.3 is 19.9 Å². The fourth-order valence-electron chi connectivity index (χ4n) is 3.23. The Bertz CT molecular complexity index is 803. The summed E-state index contributed by atoms with van der Waals surface area (Å²) in [6, 6.07) is 13.1. The van der Waals surface area contributed by atoms with Crippen LogP contribution in [0.25, 0.3) is 0 Å². The molecular weight excluding hydrogens is 387 g/mol. The van der Waals surface area contributed by atoms with Gasteiger partial charge in [0.25, 0.3) is 0 Å². The highest BCUT2D eigenvalue weighted by Crippen LogP contribution is 2.29. The Morgan fingerprint density at radius 3 is 2.43 bits per heavy atom. The molecule has 0 atom stereocenters. The predicted octanol–water partition coefficient (Wildman–Crippen LogP) is 2.81. The topological polar surface area (TPSA) is 28.9 Å². The Morgan fingerprint density at radius 1 is 1.14 bits per heavy atom. The molecule has 0 spiro atoms. The van der Waals surface area contributed by atoms with Crippen LogP contribution in [-0.4, -0.2) is 43.3 Å². The van der Waals surface area contributed by atoms with Crippen molar-refractivity contribution in [3.05, 3.63) is 59.7 Å². The van der Waals surface area contributed by atoms with E-state index in [9.17, 15) is 13.2 Å². The summed E-state index contributed by atoms with van der Waals surface area (Å²) in [6.07, 6.45) is -4.30. The Labute approximate surface area is 167 Å². The van der Waals surface area contributed by atoms with Crippen molar-refractivity contribution in [1.29, 1.82) is 0 Å². The van der Waals surface area contributed by atoms with Gasteiger partial charge in [0.15, 0.2) is 5.11 Å². The van der Waals surface area contributed by atoms with E-state index in [1.807, 2.05) is 24.3 Å². The summed E-state index contributed by atoms with van der Waals surface area (Å²) in [5.41, 5.74) is 1.01. The summed E-state index contributed by atoms with van der Waals surface area (Å²) in [7, 11) is 1.62. The number of hydrogen-bond acceptors (Lipinski definition) is 2. The Balaban J connectivity index is 1.50. The van der Waals surface area contributed by atoms with Crippen molar-refractivity contribution < 1.29 is 22.8 Å². The second kappa shape index (κ2) is 8.79. The van der Waals surface area contributed by atoms with Gasteiger partial charge in [0.2, 0.25) is 0 Å². The van der Waals surface area contributed by atoms with Crippen LogP contribution in [0.4, 0.5) is 18.9 Å². The first-order valence-corrected chi connectivity index (χ1v) is 9.45. The number of piperazine rings is 1. The molecule has 2 N–H and O–H groups in total. The van der Waals surface area contributed by atoms with Crippen LogP contribution in [0.2, 0.25) is 0 Å². The lowest BCUT2D eigenvalue weighted by Crippen LogP contribution is -3.13. The van der Waals surface area contributed by atoms with Gasteiger partial charge in [-0.1, -0.05) is 12.1 Å². The minimum atomic E-state index is -4.30. The van der Waals surface area contributed by atoms with Gasteiger partial charge >= 0.3 is 6.18 Å². The lowest BCUT2D eigenvalue weighted by molar-refractivity contribution is -0.917. The van der Waals surface area contributed by atoms with Gasteiger partial charge in [0.05, 0.1) is 38.9 Å². The van der Waals surface area contributed by atoms with E-state index in [2.05, 4.69) is 10.2 Å². The Hall–Kier alpha value is -2.32. The minimum absolute atomic E-state index is 0.580. The Kier molecular flexibility index (Phi) is 6.41. The molecule has 28 heavy (non-hydrogen) atoms. The highest BCUT2D eigenvalue weighted by atomic mass is 32.1. The van der Waals surface area contributed by atoms with Crippen molar-refractivity contribution >= 4 is 23.0 Å². The smallest absolute Gasteiger partial charge is 0.416 e. The van der Waals surface area contributed by atoms with Gasteiger partial charge in [-0.2, -0.15) is 13.2 Å². The quantitative estimate of drug-likeness (QED) is 0.759. The molecule has 0 aromatic heterocycles. The molecule has 4 nitrogen and oxygen atoms in total. The molecule has 0 radical (unpaired) electrons. The van der Waals surface area contributed by atoms with Gasteiger partial charge in [-0.25, -0.2) is 0 Å². The zero-order valence-electron chi connectivity index (χ0n) is 15.6. The molecular formula is C20H23F3N3OS+. The maximum atomic E-state index is 12.9. The summed E-state index contributed by atoms with van der Waals surface area (Å²) in [4.78, 5) is 3.35. The zero-order valence-corrected chi connectivity index (χ0v) is 16.4. The van der Waals surface area contributed by atoms with Crippen molar-refractivity contribution in [3.8, 4) is 5.75 Å². The van der Waals surface area contributed by atoms with Gasteiger partial charge in [-0.3, -0.25) is 0 Å². The van der Waals surface area contributed by atoms with Crippen molar-refractivity contribution in [2.75, 3.05) is 38.6 Å². The van der Waals surface area contributed by atoms with Crippen LogP contribution < -0.4 is 15.0 Å². The number of rotatable bonds is 4. The fourth-order valence-corrected chi connectivity index (χ4v) is 3.53. The molecule has 2 aromatic carbocycles. The number of ether oxygens (including phenoxy) is 1. The first kappa shape index (κ1) is 20.4. The molecule has 2 aromatic rings. The van der Waals surface area contributed by atoms with Gasteiger partial charge in [0.1, 0.15) is 12.3 Å². The first-order valence-electron chi connectivity index (χ1n) is 9.05. The third-order valence-corrected chi connectivity index (χ3v) is 5.17. The Morgan fingerprint density at radius 2 is 1.82 bits per heavy atom. The normalized spacial score (nSPS) is 15.4. The summed E-state index contributed by atoms with van der Waals surface area (Å²) >= 11 is 5.49. The fraction of sp³-hybridized carbons (Fsp3) is 0.350. The van der Waals surface area contributed by atoms with Gasteiger partial charge in [0, 0.05) is 11.3 Å². The first-order chi connectivity index (χ1) is 13.3. The monoisotopic (exact) mass is 410 g/mol. The summed E-state index contributed by atoms with van der Waals surface area (Å²) in [5.74, 6) is 0.781. The third-order valence-electron chi connectivity index (χ3n) is 4.81. The van der Waals surface area contributed by atoms with Crippen molar-refractivity contribution in [1.82, 2.24) is 4.90 Å². The van der Waals surface area contributed by atoms with E-state index in [-0.39, 0.29) is 0 Å². The SMILES string of the molecule is COc1ccc(NC(=S)N2CC[NH+](Cc3cccc(C(F)(F)F)c3)CC2)cc1. The van der Waals surface area contributed by atoms with E-state index < -0.39 is 11.7 Å². The number of quaternary nitrogens is 1. The summed E-state index contributed by atoms with van der Waals surface area (Å²) in [6.45, 7) is 3.74. The average Bonchev–Trinajstić information content (AvgIpc) is 2.69. The number of hydrogen-bond donors (Lipinski definition) is 2. The molecule has 1 aliphatic heterocycles. The third kappa shape index (κ3) is 5.36. The highest BCUT2D eigenvalue weighted by molar-refractivity contribution is 7.80. The van der Waals surface area contributed by atoms with Gasteiger partial charge in [-0.05, 0) is 48.6 Å². The minimum Gasteiger partial charge on any atom is -0.497 e. The molecule has 1 aliphatic rings. The van der Waals surface area contributed by atoms with Crippen LogP contribution in [0.1, 0.15) is 11.1 Å². The van der Waals surface area contributed by atoms with Crippen LogP contribution in [0.3, 0.4) is 0 Å². The molecule has 3 rings (SSSR count). The van der Waals surface area contributed by atoms with Crippen LogP contribution >= 0.6 is 12.2 Å². The van der Waals surface area contributed by atoms with Crippen molar-refractivity contribution in [3.63, 3.8) is 0 Å². The zero-order chi connectivity index (χ0) is 20.1. The molecule has 0 aliphatic carbocycles. The van der Waals surface area contributed by atoms with Gasteiger partial charge in [-0.15, -0.1) is 0 Å². The second-order valence-electron chi connectivity index (χ2n) is 6.77. The van der Waals surface area contributed by atoms with Crippen molar-refractivity contribution in [2.24, 2.45) is 0 Å². The van der Waals surface area contributed by atoms with E-state index in [4.69, 9.17) is 17.0 Å². The standard InChI is InChI=1S/C20H22F3N3OS/c1-27-18-7-5-17(6-8-18)24-19(28)26-11-9-25(10-12-26)14-15-3-2-4-16(13-15)20(21,22)23/h2-8,13H,9-12,14H2,1H3,(H,24,28)/p+1. The maximum absolute atomic E-state index is 12.9. The van der Waals surface area contributed by atoms with E-state index in [1.165, 1.54) is 17.0 Å². The number of anilines is 1. The second-order valence-corrected chi connectivity index (χ2v) is 7.16. The number of alkyl halides is 3. The van der Waals surface area contributed by atoms with E-state index in [0.29, 0.717) is 17.2 Å². The van der Waals surface area contributed by atoms with Crippen molar-refractivity contribution in [2.45, 2.75) is 12.7 Å². The number of halogens is 3. The maximum Gasteiger partial charge on any atom is 0.416 e. The predicted molar refractivity (Wildman–Crippen MR) is 107 cm³/mol. The number of methoxy groups -OCH3 is 1. The number of benzene rings is 2. The largest absolute Gasteiger partial charge is 0.497 e. The van der Waals surface area contributed by atoms with Crippen LogP contribution in [0.15, 0.2) is 48.5 Å². The molecule has 0 amide bonds. The summed E-state index contributed by atoms with van der Waals surface area (Å²) < 4.78 is 43.7. The number of thiocarbonyl (C=S) groups is 1. The average molecular weight is 410 g/mol. The molecule has 8 heteroatoms. The molecule has 0 saturated carbocycles. The number of nitrogens with one attached hydrogen (secondary N) is 2. The lowest BCUT2D eigenvalue weighted by Gasteiger charge is -2.34. The molecule has 1 heterocycles. The molecule has 0 bridgehead atoms. The van der Waals surface area contributed by atoms with E-state index >= 15 is 0 Å². The molecule has 150 valence electrons. The number of nitrogens with zero attached hydrogens (tertiary/aromatic N) is 1. The highest BCUT2D eigenvalue weighted by Gasteiger charge is 2.31. The molecule has 0 unspecified atom stereocenters. The lowest BCUT2D eigenvalue weighted by atomic mass is 10.1. The van der Waals surface area contributed by atoms with Crippen LogP contribution in [0, 0.1) is 0 Å².